The van der Waals surface area contributed by atoms with Gasteiger partial charge in [-0.1, -0.05) is 0 Å². The summed E-state index contributed by atoms with van der Waals surface area (Å²) >= 11 is 0. The molecular formula is C10H6N2O. The molecule has 0 atom stereocenters. The predicted molar refractivity (Wildman–Crippen MR) is 49.3 cm³/mol. The van der Waals surface area contributed by atoms with E-state index >= 15 is 0 Å². The Kier molecular flexibility index (Phi) is 1.16. The van der Waals surface area contributed by atoms with Gasteiger partial charge in [-0.2, -0.15) is 0 Å². The van der Waals surface area contributed by atoms with Crippen molar-refractivity contribution in [3.05, 3.63) is 36.9 Å². The maximum atomic E-state index is 5.05. The number of furan rings is 1. The zero-order chi connectivity index (χ0) is 8.67. The minimum absolute atomic E-state index is 0.761. The smallest absolute Gasteiger partial charge is 0.159 e. The first-order valence-electron chi connectivity index (χ1n) is 4.01. The highest BCUT2D eigenvalue weighted by Crippen LogP contribution is 2.18. The van der Waals surface area contributed by atoms with Crippen molar-refractivity contribution in [3.8, 4) is 0 Å². The van der Waals surface area contributed by atoms with Crippen LogP contribution < -0.4 is 0 Å². The number of hydrogen-bond donors (Lipinski definition) is 0. The Hall–Kier alpha value is -1.90. The topological polar surface area (TPSA) is 38.9 Å². The Bertz CT molecular complexity index is 521. The number of pyridine rings is 2. The third-order valence-electron chi connectivity index (χ3n) is 2.02. The Morgan fingerprint density at radius 1 is 1.15 bits per heavy atom. The zero-order valence-electron chi connectivity index (χ0n) is 6.77. The van der Waals surface area contributed by atoms with Gasteiger partial charge in [0.15, 0.2) is 5.65 Å². The number of hydrogen-bond acceptors (Lipinski definition) is 3. The molecule has 0 amide bonds. The molecule has 3 nitrogen and oxygen atoms in total. The van der Waals surface area contributed by atoms with E-state index in [1.165, 1.54) is 0 Å². The van der Waals surface area contributed by atoms with Crippen LogP contribution in [0.2, 0.25) is 0 Å². The summed E-state index contributed by atoms with van der Waals surface area (Å²) in [6.45, 7) is 0. The lowest BCUT2D eigenvalue weighted by Gasteiger charge is -1.93. The molecule has 13 heavy (non-hydrogen) atoms. The SMILES string of the molecule is c1cnc2nc3cocc3cc2c1. The first kappa shape index (κ1) is 6.60. The average molecular weight is 170 g/mol. The van der Waals surface area contributed by atoms with Crippen LogP contribution in [0.5, 0.6) is 0 Å². The second kappa shape index (κ2) is 2.29. The maximum Gasteiger partial charge on any atom is 0.159 e. The van der Waals surface area contributed by atoms with Crippen LogP contribution in [-0.2, 0) is 0 Å². The lowest BCUT2D eigenvalue weighted by molar-refractivity contribution is 0.572. The summed E-state index contributed by atoms with van der Waals surface area (Å²) in [6, 6.07) is 5.91. The molecule has 0 saturated carbocycles. The van der Waals surface area contributed by atoms with Crippen LogP contribution in [0.3, 0.4) is 0 Å². The van der Waals surface area contributed by atoms with Gasteiger partial charge < -0.3 is 4.42 Å². The van der Waals surface area contributed by atoms with Gasteiger partial charge in [0, 0.05) is 17.0 Å². The van der Waals surface area contributed by atoms with Crippen molar-refractivity contribution in [1.82, 2.24) is 9.97 Å². The second-order valence-corrected chi connectivity index (χ2v) is 2.88. The summed E-state index contributed by atoms with van der Waals surface area (Å²) in [6.07, 6.45) is 5.06. The normalized spacial score (nSPS) is 11.1. The Labute approximate surface area is 74.0 Å². The van der Waals surface area contributed by atoms with Gasteiger partial charge >= 0.3 is 0 Å². The molecule has 3 rings (SSSR count). The van der Waals surface area contributed by atoms with E-state index in [1.54, 1.807) is 18.7 Å². The van der Waals surface area contributed by atoms with Crippen molar-refractivity contribution in [2.75, 3.05) is 0 Å². The van der Waals surface area contributed by atoms with Crippen molar-refractivity contribution < 1.29 is 4.42 Å². The fourth-order valence-corrected chi connectivity index (χ4v) is 1.40. The van der Waals surface area contributed by atoms with E-state index in [0.29, 0.717) is 0 Å². The van der Waals surface area contributed by atoms with E-state index < -0.39 is 0 Å². The predicted octanol–water partition coefficient (Wildman–Crippen LogP) is 2.38. The largest absolute Gasteiger partial charge is 0.470 e. The van der Waals surface area contributed by atoms with Crippen molar-refractivity contribution in [3.63, 3.8) is 0 Å². The summed E-state index contributed by atoms with van der Waals surface area (Å²) < 4.78 is 5.05. The second-order valence-electron chi connectivity index (χ2n) is 2.88. The van der Waals surface area contributed by atoms with Crippen LogP contribution in [-0.4, -0.2) is 9.97 Å². The average Bonchev–Trinajstić information content (AvgIpc) is 2.61. The van der Waals surface area contributed by atoms with Crippen LogP contribution in [0.25, 0.3) is 21.9 Å². The van der Waals surface area contributed by atoms with E-state index in [2.05, 4.69) is 9.97 Å². The molecule has 0 unspecified atom stereocenters. The van der Waals surface area contributed by atoms with Crippen molar-refractivity contribution in [1.29, 1.82) is 0 Å². The van der Waals surface area contributed by atoms with Crippen molar-refractivity contribution in [2.45, 2.75) is 0 Å². The molecule has 3 heteroatoms. The van der Waals surface area contributed by atoms with Gasteiger partial charge in [0.05, 0.1) is 6.26 Å². The van der Waals surface area contributed by atoms with Crippen molar-refractivity contribution in [2.24, 2.45) is 0 Å². The maximum absolute atomic E-state index is 5.05. The molecule has 0 N–H and O–H groups in total. The minimum Gasteiger partial charge on any atom is -0.470 e. The first-order chi connectivity index (χ1) is 6.43. The molecule has 3 aromatic rings. The Morgan fingerprint density at radius 2 is 2.15 bits per heavy atom. The first-order valence-corrected chi connectivity index (χ1v) is 4.01. The number of fused-ring (bicyclic) bond motifs is 2. The quantitative estimate of drug-likeness (QED) is 0.520. The number of aromatic nitrogens is 2. The van der Waals surface area contributed by atoms with Gasteiger partial charge in [-0.25, -0.2) is 9.97 Å². The molecule has 0 aliphatic heterocycles. The summed E-state index contributed by atoms with van der Waals surface area (Å²) in [7, 11) is 0. The highest BCUT2D eigenvalue weighted by atomic mass is 16.3. The van der Waals surface area contributed by atoms with E-state index in [1.807, 2.05) is 18.2 Å². The van der Waals surface area contributed by atoms with Crippen LogP contribution in [0.4, 0.5) is 0 Å². The molecule has 0 radical (unpaired) electrons. The van der Waals surface area contributed by atoms with E-state index in [4.69, 9.17) is 4.42 Å². The standard InChI is InChI=1S/C10H6N2O/c1-2-7-4-8-5-13-6-9(8)12-10(7)11-3-1/h1-6H. The van der Waals surface area contributed by atoms with Gasteiger partial charge in [-0.05, 0) is 18.2 Å². The molecule has 3 aromatic heterocycles. The van der Waals surface area contributed by atoms with Crippen LogP contribution in [0.1, 0.15) is 0 Å². The number of nitrogens with zero attached hydrogens (tertiary/aromatic N) is 2. The lowest BCUT2D eigenvalue weighted by Crippen LogP contribution is -1.81. The van der Waals surface area contributed by atoms with Gasteiger partial charge in [-0.15, -0.1) is 0 Å². The molecule has 0 saturated heterocycles. The summed E-state index contributed by atoms with van der Waals surface area (Å²) in [5, 5.41) is 2.05. The van der Waals surface area contributed by atoms with Gasteiger partial charge in [0.25, 0.3) is 0 Å². The van der Waals surface area contributed by atoms with Gasteiger partial charge in [0.2, 0.25) is 0 Å². The lowest BCUT2D eigenvalue weighted by atomic mass is 10.2. The van der Waals surface area contributed by atoms with Gasteiger partial charge in [0.1, 0.15) is 11.8 Å². The molecule has 0 aromatic carbocycles. The van der Waals surface area contributed by atoms with E-state index in [0.717, 1.165) is 21.9 Å². The molecule has 0 spiro atoms. The molecule has 0 bridgehead atoms. The van der Waals surface area contributed by atoms with E-state index in [9.17, 15) is 0 Å². The monoisotopic (exact) mass is 170 g/mol. The van der Waals surface area contributed by atoms with Gasteiger partial charge in [-0.3, -0.25) is 0 Å². The highest BCUT2D eigenvalue weighted by molar-refractivity contribution is 5.89. The summed E-state index contributed by atoms with van der Waals surface area (Å²) in [4.78, 5) is 8.49. The Balaban J connectivity index is 2.57. The molecule has 0 fully saturated rings. The van der Waals surface area contributed by atoms with Crippen LogP contribution in [0.15, 0.2) is 41.3 Å². The summed E-state index contributed by atoms with van der Waals surface area (Å²) in [5.74, 6) is 0. The molecular weight excluding hydrogens is 164 g/mol. The summed E-state index contributed by atoms with van der Waals surface area (Å²) in [5.41, 5.74) is 1.61. The molecule has 3 heterocycles. The van der Waals surface area contributed by atoms with Crippen LogP contribution in [0, 0.1) is 0 Å². The fraction of sp³-hybridized carbons (Fsp3) is 0. The van der Waals surface area contributed by atoms with Crippen molar-refractivity contribution >= 4 is 21.9 Å². The highest BCUT2D eigenvalue weighted by Gasteiger charge is 2.00. The molecule has 0 aliphatic carbocycles. The van der Waals surface area contributed by atoms with Crippen LogP contribution >= 0.6 is 0 Å². The Morgan fingerprint density at radius 3 is 3.15 bits per heavy atom. The number of rotatable bonds is 0. The third kappa shape index (κ3) is 0.902. The molecule has 62 valence electrons. The third-order valence-corrected chi connectivity index (χ3v) is 2.02. The zero-order valence-corrected chi connectivity index (χ0v) is 6.77. The minimum atomic E-state index is 0.761. The molecule has 0 aliphatic rings. The fourth-order valence-electron chi connectivity index (χ4n) is 1.40. The van der Waals surface area contributed by atoms with E-state index in [-0.39, 0.29) is 0 Å².